The van der Waals surface area contributed by atoms with Crippen molar-refractivity contribution in [3.63, 3.8) is 0 Å². The number of nitrogens with two attached hydrogens (primary N) is 1. The summed E-state index contributed by atoms with van der Waals surface area (Å²) in [5.74, 6) is 5.07. The Hall–Kier alpha value is -2.17. The first-order valence-corrected chi connectivity index (χ1v) is 7.49. The van der Waals surface area contributed by atoms with E-state index in [-0.39, 0.29) is 11.8 Å². The van der Waals surface area contributed by atoms with Crippen molar-refractivity contribution in [2.24, 2.45) is 5.90 Å². The van der Waals surface area contributed by atoms with Crippen molar-refractivity contribution in [3.8, 4) is 0 Å². The molecule has 4 nitrogen and oxygen atoms in total. The predicted molar refractivity (Wildman–Crippen MR) is 87.1 cm³/mol. The predicted octanol–water partition coefficient (Wildman–Crippen LogP) is 2.61. The highest BCUT2D eigenvalue weighted by Crippen LogP contribution is 2.27. The first kappa shape index (κ1) is 16.2. The second kappa shape index (κ2) is 8.97. The third kappa shape index (κ3) is 4.98. The van der Waals surface area contributed by atoms with E-state index in [1.54, 1.807) is 0 Å². The van der Waals surface area contributed by atoms with Gasteiger partial charge in [0.05, 0.1) is 6.61 Å². The average molecular weight is 298 g/mol. The molecule has 1 amide bonds. The Morgan fingerprint density at radius 3 is 2.05 bits per heavy atom. The number of amides is 1. The second-order valence-corrected chi connectivity index (χ2v) is 5.15. The van der Waals surface area contributed by atoms with Crippen molar-refractivity contribution in [2.45, 2.75) is 18.8 Å². The number of hydrogen-bond acceptors (Lipinski definition) is 3. The van der Waals surface area contributed by atoms with Crippen molar-refractivity contribution in [1.82, 2.24) is 5.32 Å². The summed E-state index contributed by atoms with van der Waals surface area (Å²) in [5, 5.41) is 2.91. The van der Waals surface area contributed by atoms with E-state index in [4.69, 9.17) is 5.90 Å². The maximum Gasteiger partial charge on any atom is 0.220 e. The molecule has 3 N–H and O–H groups in total. The largest absolute Gasteiger partial charge is 0.356 e. The van der Waals surface area contributed by atoms with Crippen molar-refractivity contribution in [2.75, 3.05) is 13.2 Å². The Labute approximate surface area is 131 Å². The number of benzene rings is 2. The quantitative estimate of drug-likeness (QED) is 0.581. The minimum Gasteiger partial charge on any atom is -0.356 e. The summed E-state index contributed by atoms with van der Waals surface area (Å²) in [4.78, 5) is 16.7. The van der Waals surface area contributed by atoms with Gasteiger partial charge in [-0.3, -0.25) is 4.79 Å². The molecule has 0 radical (unpaired) electrons. The third-order valence-electron chi connectivity index (χ3n) is 3.55. The van der Waals surface area contributed by atoms with Crippen LogP contribution in [0.5, 0.6) is 0 Å². The second-order valence-electron chi connectivity index (χ2n) is 5.15. The number of nitrogens with one attached hydrogen (secondary N) is 1. The van der Waals surface area contributed by atoms with E-state index >= 15 is 0 Å². The lowest BCUT2D eigenvalue weighted by atomic mass is 9.88. The van der Waals surface area contributed by atoms with Crippen LogP contribution in [0, 0.1) is 0 Å². The molecule has 116 valence electrons. The Bertz CT molecular complexity index is 518. The maximum absolute atomic E-state index is 12.2. The van der Waals surface area contributed by atoms with Crippen LogP contribution in [-0.4, -0.2) is 19.1 Å². The minimum atomic E-state index is 0.0368. The van der Waals surface area contributed by atoms with Crippen LogP contribution in [-0.2, 0) is 9.63 Å². The van der Waals surface area contributed by atoms with Crippen molar-refractivity contribution >= 4 is 5.91 Å². The summed E-state index contributed by atoms with van der Waals surface area (Å²) in [5.41, 5.74) is 2.29. The molecule has 0 atom stereocenters. The van der Waals surface area contributed by atoms with Gasteiger partial charge in [-0.05, 0) is 17.5 Å². The van der Waals surface area contributed by atoms with Gasteiger partial charge in [-0.25, -0.2) is 5.90 Å². The molecule has 2 aromatic rings. The van der Waals surface area contributed by atoms with Gasteiger partial charge in [0.25, 0.3) is 0 Å². The van der Waals surface area contributed by atoms with E-state index in [2.05, 4.69) is 34.4 Å². The standard InChI is InChI=1S/C18H22N2O2/c19-22-13-7-12-20-18(21)14-17(15-8-3-1-4-9-15)16-10-5-2-6-11-16/h1-6,8-11,17H,7,12-14,19H2,(H,20,21). The van der Waals surface area contributed by atoms with Gasteiger partial charge in [-0.2, -0.15) is 0 Å². The summed E-state index contributed by atoms with van der Waals surface area (Å²) in [7, 11) is 0. The lowest BCUT2D eigenvalue weighted by Gasteiger charge is -2.18. The molecular weight excluding hydrogens is 276 g/mol. The Kier molecular flexibility index (Phi) is 6.61. The SMILES string of the molecule is NOCCCNC(=O)CC(c1ccccc1)c1ccccc1. The van der Waals surface area contributed by atoms with E-state index in [0.717, 1.165) is 11.1 Å². The fourth-order valence-corrected chi connectivity index (χ4v) is 2.44. The summed E-state index contributed by atoms with van der Waals surface area (Å²) in [6, 6.07) is 20.2. The lowest BCUT2D eigenvalue weighted by molar-refractivity contribution is -0.121. The van der Waals surface area contributed by atoms with Gasteiger partial charge in [0.15, 0.2) is 0 Å². The van der Waals surface area contributed by atoms with E-state index in [1.807, 2.05) is 36.4 Å². The molecule has 0 aliphatic rings. The molecule has 0 spiro atoms. The summed E-state index contributed by atoms with van der Waals surface area (Å²) in [6.45, 7) is 1.02. The highest BCUT2D eigenvalue weighted by molar-refractivity contribution is 5.77. The van der Waals surface area contributed by atoms with Gasteiger partial charge in [-0.15, -0.1) is 0 Å². The average Bonchev–Trinajstić information content (AvgIpc) is 2.58. The van der Waals surface area contributed by atoms with E-state index < -0.39 is 0 Å². The zero-order chi connectivity index (χ0) is 15.6. The molecule has 0 aromatic heterocycles. The smallest absolute Gasteiger partial charge is 0.220 e. The maximum atomic E-state index is 12.2. The minimum absolute atomic E-state index is 0.0368. The topological polar surface area (TPSA) is 64.3 Å². The summed E-state index contributed by atoms with van der Waals surface area (Å²) < 4.78 is 0. The molecule has 0 unspecified atom stereocenters. The highest BCUT2D eigenvalue weighted by atomic mass is 16.6. The van der Waals surface area contributed by atoms with Gasteiger partial charge in [-0.1, -0.05) is 60.7 Å². The van der Waals surface area contributed by atoms with Crippen LogP contribution in [0.4, 0.5) is 0 Å². The molecule has 4 heteroatoms. The van der Waals surface area contributed by atoms with Crippen molar-refractivity contribution in [3.05, 3.63) is 71.8 Å². The Morgan fingerprint density at radius 2 is 1.55 bits per heavy atom. The van der Waals surface area contributed by atoms with Gasteiger partial charge < -0.3 is 10.2 Å². The van der Waals surface area contributed by atoms with Gasteiger partial charge in [0, 0.05) is 18.9 Å². The molecule has 2 aromatic carbocycles. The zero-order valence-corrected chi connectivity index (χ0v) is 12.6. The first-order valence-electron chi connectivity index (χ1n) is 7.49. The van der Waals surface area contributed by atoms with Crippen molar-refractivity contribution in [1.29, 1.82) is 0 Å². The van der Waals surface area contributed by atoms with Gasteiger partial charge >= 0.3 is 0 Å². The van der Waals surface area contributed by atoms with Crippen LogP contribution < -0.4 is 11.2 Å². The fraction of sp³-hybridized carbons (Fsp3) is 0.278. The van der Waals surface area contributed by atoms with Crippen LogP contribution in [0.3, 0.4) is 0 Å². The molecule has 0 aliphatic heterocycles. The molecule has 0 bridgehead atoms. The molecule has 0 heterocycles. The number of carbonyl (C=O) groups excluding carboxylic acids is 1. The van der Waals surface area contributed by atoms with Crippen LogP contribution in [0.25, 0.3) is 0 Å². The van der Waals surface area contributed by atoms with Crippen LogP contribution >= 0.6 is 0 Å². The molecule has 22 heavy (non-hydrogen) atoms. The molecule has 0 aliphatic carbocycles. The Balaban J connectivity index is 2.04. The number of hydrogen-bond donors (Lipinski definition) is 2. The van der Waals surface area contributed by atoms with E-state index in [9.17, 15) is 4.79 Å². The van der Waals surface area contributed by atoms with Gasteiger partial charge in [0.2, 0.25) is 5.91 Å². The zero-order valence-electron chi connectivity index (χ0n) is 12.6. The molecule has 0 saturated carbocycles. The first-order chi connectivity index (χ1) is 10.8. The lowest BCUT2D eigenvalue weighted by Crippen LogP contribution is -2.27. The highest BCUT2D eigenvalue weighted by Gasteiger charge is 2.17. The Morgan fingerprint density at radius 1 is 1.00 bits per heavy atom. The third-order valence-corrected chi connectivity index (χ3v) is 3.55. The van der Waals surface area contributed by atoms with Crippen LogP contribution in [0.15, 0.2) is 60.7 Å². The van der Waals surface area contributed by atoms with Crippen molar-refractivity contribution < 1.29 is 9.63 Å². The molecule has 0 saturated heterocycles. The fourth-order valence-electron chi connectivity index (χ4n) is 2.44. The summed E-state index contributed by atoms with van der Waals surface area (Å²) in [6.07, 6.45) is 1.14. The molecule has 2 rings (SSSR count). The molecular formula is C18H22N2O2. The van der Waals surface area contributed by atoms with Gasteiger partial charge in [0.1, 0.15) is 0 Å². The van der Waals surface area contributed by atoms with E-state index in [1.165, 1.54) is 0 Å². The molecule has 0 fully saturated rings. The summed E-state index contributed by atoms with van der Waals surface area (Å²) >= 11 is 0. The van der Waals surface area contributed by atoms with E-state index in [0.29, 0.717) is 26.0 Å². The number of carbonyl (C=O) groups is 1. The van der Waals surface area contributed by atoms with Crippen LogP contribution in [0.2, 0.25) is 0 Å². The van der Waals surface area contributed by atoms with Crippen LogP contribution in [0.1, 0.15) is 29.9 Å². The number of rotatable bonds is 8. The monoisotopic (exact) mass is 298 g/mol. The normalized spacial score (nSPS) is 10.6.